The first-order valence-electron chi connectivity index (χ1n) is 4.41. The van der Waals surface area contributed by atoms with Crippen LogP contribution in [0.4, 0.5) is 0 Å². The first-order chi connectivity index (χ1) is 6.09. The number of nitrogens with one attached hydrogen (secondary N) is 1. The summed E-state index contributed by atoms with van der Waals surface area (Å²) in [5.74, 6) is 6.06. The molecule has 13 heavy (non-hydrogen) atoms. The predicted molar refractivity (Wildman–Crippen MR) is 52.3 cm³/mol. The molecule has 1 aliphatic rings. The zero-order valence-electron chi connectivity index (χ0n) is 8.50. The Morgan fingerprint density at radius 1 is 1.62 bits per heavy atom. The molecule has 1 heterocycles. The number of morpholine rings is 1. The van der Waals surface area contributed by atoms with Crippen molar-refractivity contribution < 1.29 is 4.74 Å². The second kappa shape index (κ2) is 3.93. The SMILES string of the molecule is CN=C(NN)N1CCOC(C)(C)C1. The molecule has 0 aliphatic carbocycles. The van der Waals surface area contributed by atoms with E-state index in [0.717, 1.165) is 19.0 Å². The van der Waals surface area contributed by atoms with Gasteiger partial charge in [-0.05, 0) is 13.8 Å². The molecule has 0 aromatic rings. The Morgan fingerprint density at radius 2 is 2.31 bits per heavy atom. The van der Waals surface area contributed by atoms with E-state index in [1.54, 1.807) is 7.05 Å². The quantitative estimate of drug-likeness (QED) is 0.233. The van der Waals surface area contributed by atoms with Crippen LogP contribution in [0.5, 0.6) is 0 Å². The van der Waals surface area contributed by atoms with Crippen LogP contribution >= 0.6 is 0 Å². The van der Waals surface area contributed by atoms with E-state index in [-0.39, 0.29) is 5.60 Å². The molecule has 0 bridgehead atoms. The van der Waals surface area contributed by atoms with E-state index < -0.39 is 0 Å². The molecule has 5 nitrogen and oxygen atoms in total. The second-order valence-electron chi connectivity index (χ2n) is 3.72. The molecule has 1 aliphatic heterocycles. The van der Waals surface area contributed by atoms with Crippen molar-refractivity contribution in [2.75, 3.05) is 26.7 Å². The molecular formula is C8H18N4O. The van der Waals surface area contributed by atoms with Crippen LogP contribution in [-0.4, -0.2) is 43.2 Å². The largest absolute Gasteiger partial charge is 0.372 e. The molecule has 1 fully saturated rings. The Bertz CT molecular complexity index is 202. The van der Waals surface area contributed by atoms with Gasteiger partial charge in [0.1, 0.15) is 0 Å². The number of ether oxygens (including phenoxy) is 1. The third-order valence-corrected chi connectivity index (χ3v) is 2.07. The van der Waals surface area contributed by atoms with Gasteiger partial charge in [0.2, 0.25) is 5.96 Å². The molecule has 3 N–H and O–H groups in total. The summed E-state index contributed by atoms with van der Waals surface area (Å²) in [5.41, 5.74) is 2.46. The summed E-state index contributed by atoms with van der Waals surface area (Å²) in [6.07, 6.45) is 0. The average molecular weight is 186 g/mol. The first-order valence-corrected chi connectivity index (χ1v) is 4.41. The average Bonchev–Trinajstić information content (AvgIpc) is 2.05. The summed E-state index contributed by atoms with van der Waals surface area (Å²) in [6.45, 7) is 6.48. The fraction of sp³-hybridized carbons (Fsp3) is 0.875. The Morgan fingerprint density at radius 3 is 2.77 bits per heavy atom. The smallest absolute Gasteiger partial charge is 0.208 e. The molecule has 5 heteroatoms. The molecule has 0 spiro atoms. The predicted octanol–water partition coefficient (Wildman–Crippen LogP) is -0.454. The molecule has 1 rings (SSSR count). The van der Waals surface area contributed by atoms with Crippen molar-refractivity contribution in [2.24, 2.45) is 10.8 Å². The lowest BCUT2D eigenvalue weighted by atomic mass is 10.1. The number of rotatable bonds is 0. The van der Waals surface area contributed by atoms with E-state index in [1.807, 2.05) is 0 Å². The minimum atomic E-state index is -0.120. The fourth-order valence-electron chi connectivity index (χ4n) is 1.49. The van der Waals surface area contributed by atoms with Crippen molar-refractivity contribution >= 4 is 5.96 Å². The highest BCUT2D eigenvalue weighted by atomic mass is 16.5. The van der Waals surface area contributed by atoms with Crippen LogP contribution in [0, 0.1) is 0 Å². The van der Waals surface area contributed by atoms with Gasteiger partial charge in [0.15, 0.2) is 0 Å². The highest BCUT2D eigenvalue weighted by molar-refractivity contribution is 5.79. The monoisotopic (exact) mass is 186 g/mol. The molecule has 0 aromatic carbocycles. The number of aliphatic imine (C=N–C) groups is 1. The minimum Gasteiger partial charge on any atom is -0.372 e. The molecule has 0 atom stereocenters. The highest BCUT2D eigenvalue weighted by Crippen LogP contribution is 2.15. The second-order valence-corrected chi connectivity index (χ2v) is 3.72. The van der Waals surface area contributed by atoms with Crippen LogP contribution in [0.15, 0.2) is 4.99 Å². The number of nitrogens with zero attached hydrogens (tertiary/aromatic N) is 2. The van der Waals surface area contributed by atoms with Gasteiger partial charge in [-0.3, -0.25) is 10.4 Å². The molecule has 0 radical (unpaired) electrons. The summed E-state index contributed by atoms with van der Waals surface area (Å²) < 4.78 is 5.57. The third-order valence-electron chi connectivity index (χ3n) is 2.07. The molecule has 0 saturated carbocycles. The maximum atomic E-state index is 5.57. The Balaban J connectivity index is 2.61. The molecule has 1 saturated heterocycles. The van der Waals surface area contributed by atoms with Gasteiger partial charge in [-0.2, -0.15) is 0 Å². The van der Waals surface area contributed by atoms with Gasteiger partial charge >= 0.3 is 0 Å². The van der Waals surface area contributed by atoms with E-state index in [1.165, 1.54) is 0 Å². The highest BCUT2D eigenvalue weighted by Gasteiger charge is 2.28. The minimum absolute atomic E-state index is 0.120. The summed E-state index contributed by atoms with van der Waals surface area (Å²) in [5, 5.41) is 0. The Hall–Kier alpha value is -0.810. The number of hydrogen-bond donors (Lipinski definition) is 2. The molecule has 0 aromatic heterocycles. The molecule has 0 unspecified atom stereocenters. The topological polar surface area (TPSA) is 62.9 Å². The summed E-state index contributed by atoms with van der Waals surface area (Å²) in [4.78, 5) is 6.13. The fourth-order valence-corrected chi connectivity index (χ4v) is 1.49. The Labute approximate surface area is 78.9 Å². The van der Waals surface area contributed by atoms with Gasteiger partial charge < -0.3 is 9.64 Å². The van der Waals surface area contributed by atoms with Gasteiger partial charge in [0.05, 0.1) is 12.2 Å². The van der Waals surface area contributed by atoms with E-state index in [4.69, 9.17) is 10.6 Å². The number of hydrogen-bond acceptors (Lipinski definition) is 3. The lowest BCUT2D eigenvalue weighted by Crippen LogP contribution is -2.55. The van der Waals surface area contributed by atoms with E-state index in [0.29, 0.717) is 6.61 Å². The van der Waals surface area contributed by atoms with Crippen molar-refractivity contribution in [2.45, 2.75) is 19.4 Å². The lowest BCUT2D eigenvalue weighted by Gasteiger charge is -2.39. The zero-order valence-corrected chi connectivity index (χ0v) is 8.50. The van der Waals surface area contributed by atoms with E-state index >= 15 is 0 Å². The summed E-state index contributed by atoms with van der Waals surface area (Å²) in [6, 6.07) is 0. The third kappa shape index (κ3) is 2.57. The summed E-state index contributed by atoms with van der Waals surface area (Å²) in [7, 11) is 1.72. The number of hydrazine groups is 1. The van der Waals surface area contributed by atoms with Crippen LogP contribution < -0.4 is 11.3 Å². The molecular weight excluding hydrogens is 168 g/mol. The van der Waals surface area contributed by atoms with Crippen LogP contribution in [0.25, 0.3) is 0 Å². The number of nitrogens with two attached hydrogens (primary N) is 1. The van der Waals surface area contributed by atoms with E-state index in [2.05, 4.69) is 29.2 Å². The summed E-state index contributed by atoms with van der Waals surface area (Å²) >= 11 is 0. The van der Waals surface area contributed by atoms with Crippen LogP contribution in [0.2, 0.25) is 0 Å². The first kappa shape index (κ1) is 10.3. The van der Waals surface area contributed by atoms with Crippen molar-refractivity contribution in [3.05, 3.63) is 0 Å². The van der Waals surface area contributed by atoms with Crippen molar-refractivity contribution in [1.29, 1.82) is 0 Å². The van der Waals surface area contributed by atoms with Crippen molar-refractivity contribution in [3.8, 4) is 0 Å². The normalized spacial score (nSPS) is 23.1. The van der Waals surface area contributed by atoms with Crippen LogP contribution in [0.3, 0.4) is 0 Å². The lowest BCUT2D eigenvalue weighted by molar-refractivity contribution is -0.0685. The maximum Gasteiger partial charge on any atom is 0.208 e. The van der Waals surface area contributed by atoms with Gasteiger partial charge in [0, 0.05) is 20.1 Å². The van der Waals surface area contributed by atoms with Crippen LogP contribution in [-0.2, 0) is 4.74 Å². The van der Waals surface area contributed by atoms with Crippen molar-refractivity contribution in [1.82, 2.24) is 10.3 Å². The molecule has 76 valence electrons. The van der Waals surface area contributed by atoms with Gasteiger partial charge in [-0.1, -0.05) is 0 Å². The van der Waals surface area contributed by atoms with Crippen molar-refractivity contribution in [3.63, 3.8) is 0 Å². The van der Waals surface area contributed by atoms with E-state index in [9.17, 15) is 0 Å². The number of guanidine groups is 1. The van der Waals surface area contributed by atoms with Gasteiger partial charge in [-0.25, -0.2) is 5.84 Å². The Kier molecular flexibility index (Phi) is 3.11. The molecule has 0 amide bonds. The zero-order chi connectivity index (χ0) is 9.90. The maximum absolute atomic E-state index is 5.57. The van der Waals surface area contributed by atoms with Gasteiger partial charge in [-0.15, -0.1) is 0 Å². The van der Waals surface area contributed by atoms with Crippen LogP contribution in [0.1, 0.15) is 13.8 Å². The standard InChI is InChI=1S/C8H18N4O/c1-8(2)6-12(4-5-13-8)7(10-3)11-9/h4-6,9H2,1-3H3,(H,10,11). The van der Waals surface area contributed by atoms with Gasteiger partial charge in [0.25, 0.3) is 0 Å².